The zero-order valence-electron chi connectivity index (χ0n) is 15.1. The Kier molecular flexibility index (Phi) is 4.13. The van der Waals surface area contributed by atoms with Gasteiger partial charge < -0.3 is 4.74 Å². The van der Waals surface area contributed by atoms with Crippen molar-refractivity contribution in [2.24, 2.45) is 11.0 Å². The van der Waals surface area contributed by atoms with E-state index in [0.29, 0.717) is 5.92 Å². The SMILES string of the molecule is COc1ccc([C@H]2[C@@H]3CSc4ccccc4C3=NN2c2ccccc2)cc1. The van der Waals surface area contributed by atoms with Crippen molar-refractivity contribution in [1.82, 2.24) is 0 Å². The molecule has 134 valence electrons. The maximum atomic E-state index is 5.35. The molecule has 3 aromatic carbocycles. The highest BCUT2D eigenvalue weighted by atomic mass is 32.2. The lowest BCUT2D eigenvalue weighted by atomic mass is 9.88. The molecule has 2 heterocycles. The summed E-state index contributed by atoms with van der Waals surface area (Å²) in [7, 11) is 1.71. The van der Waals surface area contributed by atoms with Crippen molar-refractivity contribution in [2.75, 3.05) is 17.9 Å². The first-order chi connectivity index (χ1) is 13.3. The number of thioether (sulfide) groups is 1. The Morgan fingerprint density at radius 3 is 2.44 bits per heavy atom. The van der Waals surface area contributed by atoms with Gasteiger partial charge in [-0.2, -0.15) is 5.10 Å². The Bertz CT molecular complexity index is 985. The molecule has 2 atom stereocenters. The number of nitrogens with zero attached hydrogens (tertiary/aromatic N) is 2. The molecule has 4 heteroatoms. The van der Waals surface area contributed by atoms with Crippen LogP contribution < -0.4 is 9.75 Å². The zero-order chi connectivity index (χ0) is 18.2. The fraction of sp³-hybridized carbons (Fsp3) is 0.174. The predicted octanol–water partition coefficient (Wildman–Crippen LogP) is 5.38. The number of fused-ring (bicyclic) bond motifs is 3. The van der Waals surface area contributed by atoms with Gasteiger partial charge in [-0.1, -0.05) is 48.5 Å². The average Bonchev–Trinajstić information content (AvgIpc) is 3.14. The number of rotatable bonds is 3. The second kappa shape index (κ2) is 6.78. The Morgan fingerprint density at radius 2 is 1.67 bits per heavy atom. The number of methoxy groups -OCH3 is 1. The van der Waals surface area contributed by atoms with Gasteiger partial charge in [-0.3, -0.25) is 5.01 Å². The number of hydrazone groups is 1. The Labute approximate surface area is 163 Å². The molecule has 3 aromatic rings. The second-order valence-corrected chi connectivity index (χ2v) is 7.86. The molecule has 0 radical (unpaired) electrons. The van der Waals surface area contributed by atoms with Gasteiger partial charge in [0.1, 0.15) is 5.75 Å². The van der Waals surface area contributed by atoms with Crippen molar-refractivity contribution >= 4 is 23.2 Å². The monoisotopic (exact) mass is 372 g/mol. The quantitative estimate of drug-likeness (QED) is 0.617. The molecule has 0 amide bonds. The van der Waals surface area contributed by atoms with Gasteiger partial charge in [0, 0.05) is 22.1 Å². The second-order valence-electron chi connectivity index (χ2n) is 6.80. The van der Waals surface area contributed by atoms with Crippen molar-refractivity contribution in [3.8, 4) is 5.75 Å². The van der Waals surface area contributed by atoms with Crippen LogP contribution >= 0.6 is 11.8 Å². The molecule has 0 unspecified atom stereocenters. The lowest BCUT2D eigenvalue weighted by Gasteiger charge is -2.30. The molecule has 0 N–H and O–H groups in total. The lowest BCUT2D eigenvalue weighted by molar-refractivity contribution is 0.414. The zero-order valence-corrected chi connectivity index (χ0v) is 15.9. The van der Waals surface area contributed by atoms with E-state index in [4.69, 9.17) is 9.84 Å². The van der Waals surface area contributed by atoms with E-state index in [1.807, 2.05) is 30.0 Å². The number of hydrogen-bond acceptors (Lipinski definition) is 4. The highest BCUT2D eigenvalue weighted by molar-refractivity contribution is 7.99. The van der Waals surface area contributed by atoms with E-state index in [1.165, 1.54) is 21.7 Å². The van der Waals surface area contributed by atoms with Crippen molar-refractivity contribution in [3.63, 3.8) is 0 Å². The minimum atomic E-state index is 0.189. The van der Waals surface area contributed by atoms with E-state index in [0.717, 1.165) is 17.2 Å². The first-order valence-electron chi connectivity index (χ1n) is 9.14. The summed E-state index contributed by atoms with van der Waals surface area (Å²) in [5, 5.41) is 7.33. The van der Waals surface area contributed by atoms with Crippen LogP contribution in [0, 0.1) is 5.92 Å². The number of ether oxygens (including phenoxy) is 1. The van der Waals surface area contributed by atoms with Crippen molar-refractivity contribution in [1.29, 1.82) is 0 Å². The minimum Gasteiger partial charge on any atom is -0.497 e. The van der Waals surface area contributed by atoms with Crippen LogP contribution in [0.1, 0.15) is 17.2 Å². The molecular formula is C23H20N2OS. The van der Waals surface area contributed by atoms with E-state index in [2.05, 4.69) is 65.7 Å². The molecule has 0 bridgehead atoms. The fourth-order valence-corrected chi connectivity index (χ4v) is 5.16. The molecule has 0 aromatic heterocycles. The Morgan fingerprint density at radius 1 is 0.926 bits per heavy atom. The lowest BCUT2D eigenvalue weighted by Crippen LogP contribution is -2.29. The summed E-state index contributed by atoms with van der Waals surface area (Å²) < 4.78 is 5.35. The molecule has 27 heavy (non-hydrogen) atoms. The van der Waals surface area contributed by atoms with Gasteiger partial charge in [0.2, 0.25) is 0 Å². The van der Waals surface area contributed by atoms with E-state index >= 15 is 0 Å². The average molecular weight is 372 g/mol. The van der Waals surface area contributed by atoms with E-state index in [1.54, 1.807) is 7.11 Å². The van der Waals surface area contributed by atoms with E-state index in [-0.39, 0.29) is 6.04 Å². The molecule has 0 spiro atoms. The normalized spacial score (nSPS) is 20.6. The van der Waals surface area contributed by atoms with Gasteiger partial charge in [0.05, 0.1) is 24.6 Å². The van der Waals surface area contributed by atoms with Crippen molar-refractivity contribution < 1.29 is 4.74 Å². The molecule has 0 saturated heterocycles. The highest BCUT2D eigenvalue weighted by Crippen LogP contribution is 2.47. The summed E-state index contributed by atoms with van der Waals surface area (Å²) in [5.41, 5.74) is 4.87. The summed E-state index contributed by atoms with van der Waals surface area (Å²) >= 11 is 1.94. The van der Waals surface area contributed by atoms with Crippen molar-refractivity contribution in [3.05, 3.63) is 90.0 Å². The topological polar surface area (TPSA) is 24.8 Å². The summed E-state index contributed by atoms with van der Waals surface area (Å²) in [5.74, 6) is 2.28. The third kappa shape index (κ3) is 2.81. The molecule has 2 aliphatic heterocycles. The Hall–Kier alpha value is -2.72. The van der Waals surface area contributed by atoms with Crippen LogP contribution in [0.25, 0.3) is 0 Å². The van der Waals surface area contributed by atoms with Crippen LogP contribution in [0.15, 0.2) is 88.9 Å². The van der Waals surface area contributed by atoms with Gasteiger partial charge in [-0.05, 0) is 35.9 Å². The molecule has 0 fully saturated rings. The molecular weight excluding hydrogens is 352 g/mol. The first-order valence-corrected chi connectivity index (χ1v) is 10.1. The number of anilines is 1. The third-order valence-corrected chi connectivity index (χ3v) is 6.46. The van der Waals surface area contributed by atoms with Crippen LogP contribution in [0.5, 0.6) is 5.75 Å². The molecule has 0 saturated carbocycles. The van der Waals surface area contributed by atoms with Gasteiger partial charge in [-0.15, -0.1) is 11.8 Å². The van der Waals surface area contributed by atoms with Crippen LogP contribution in [0.2, 0.25) is 0 Å². The third-order valence-electron chi connectivity index (χ3n) is 5.27. The van der Waals surface area contributed by atoms with Crippen LogP contribution in [0.4, 0.5) is 5.69 Å². The molecule has 5 rings (SSSR count). The maximum absolute atomic E-state index is 5.35. The highest BCUT2D eigenvalue weighted by Gasteiger charge is 2.42. The van der Waals surface area contributed by atoms with Gasteiger partial charge in [-0.25, -0.2) is 0 Å². The number of para-hydroxylation sites is 1. The smallest absolute Gasteiger partial charge is 0.118 e. The van der Waals surface area contributed by atoms with Crippen LogP contribution in [-0.2, 0) is 0 Å². The maximum Gasteiger partial charge on any atom is 0.118 e. The minimum absolute atomic E-state index is 0.189. The standard InChI is InChI=1S/C23H20N2OS/c1-26-18-13-11-16(12-14-18)23-20-15-27-21-10-6-5-9-19(21)22(20)24-25(23)17-7-3-2-4-8-17/h2-14,20,23H,15H2,1H3/t20-,23+/m1/s1. The summed E-state index contributed by atoms with van der Waals surface area (Å²) in [6, 6.07) is 27.7. The summed E-state index contributed by atoms with van der Waals surface area (Å²) in [6.45, 7) is 0. The van der Waals surface area contributed by atoms with Crippen LogP contribution in [0.3, 0.4) is 0 Å². The summed E-state index contributed by atoms with van der Waals surface area (Å²) in [6.07, 6.45) is 0. The van der Waals surface area contributed by atoms with Gasteiger partial charge >= 0.3 is 0 Å². The first kappa shape index (κ1) is 16.5. The fourth-order valence-electron chi connectivity index (χ4n) is 3.95. The molecule has 3 nitrogen and oxygen atoms in total. The van der Waals surface area contributed by atoms with Gasteiger partial charge in [0.25, 0.3) is 0 Å². The Balaban J connectivity index is 1.62. The number of hydrogen-bond donors (Lipinski definition) is 0. The largest absolute Gasteiger partial charge is 0.497 e. The number of benzene rings is 3. The van der Waals surface area contributed by atoms with Gasteiger partial charge in [0.15, 0.2) is 0 Å². The molecule has 2 aliphatic rings. The summed E-state index contributed by atoms with van der Waals surface area (Å²) in [4.78, 5) is 1.33. The van der Waals surface area contributed by atoms with E-state index in [9.17, 15) is 0 Å². The van der Waals surface area contributed by atoms with E-state index < -0.39 is 0 Å². The molecule has 0 aliphatic carbocycles. The van der Waals surface area contributed by atoms with Crippen molar-refractivity contribution in [2.45, 2.75) is 10.9 Å². The van der Waals surface area contributed by atoms with Crippen LogP contribution in [-0.4, -0.2) is 18.6 Å². The predicted molar refractivity (Wildman–Crippen MR) is 112 cm³/mol.